The monoisotopic (exact) mass is 290 g/mol. The van der Waals surface area contributed by atoms with Crippen LogP contribution in [-0.4, -0.2) is 28.9 Å². The van der Waals surface area contributed by atoms with Crippen molar-refractivity contribution in [2.45, 2.75) is 25.8 Å². The smallest absolute Gasteiger partial charge is 0.326 e. The Morgan fingerprint density at radius 2 is 2.00 bits per heavy atom. The van der Waals surface area contributed by atoms with Gasteiger partial charge >= 0.3 is 5.97 Å². The lowest BCUT2D eigenvalue weighted by atomic mass is 10.1. The fourth-order valence-corrected chi connectivity index (χ4v) is 1.76. The summed E-state index contributed by atoms with van der Waals surface area (Å²) >= 11 is 0. The Bertz CT molecular complexity index is 554. The van der Waals surface area contributed by atoms with E-state index in [2.05, 4.69) is 17.2 Å². The number of carbonyl (C=O) groups excluding carboxylic acids is 2. The van der Waals surface area contributed by atoms with Crippen LogP contribution < -0.4 is 10.6 Å². The van der Waals surface area contributed by atoms with Crippen LogP contribution in [-0.2, 0) is 9.59 Å². The summed E-state index contributed by atoms with van der Waals surface area (Å²) in [5.41, 5.74) is 0.563. The molecule has 6 heteroatoms. The lowest BCUT2D eigenvalue weighted by Gasteiger charge is -2.15. The summed E-state index contributed by atoms with van der Waals surface area (Å²) in [7, 11) is 0. The van der Waals surface area contributed by atoms with Crippen LogP contribution in [0.15, 0.2) is 36.9 Å². The number of amides is 2. The Kier molecular flexibility index (Phi) is 6.13. The number of benzene rings is 1. The van der Waals surface area contributed by atoms with Crippen LogP contribution in [0.3, 0.4) is 0 Å². The van der Waals surface area contributed by atoms with Crippen molar-refractivity contribution in [3.05, 3.63) is 42.5 Å². The number of rotatable bonds is 7. The number of carboxylic acids is 1. The van der Waals surface area contributed by atoms with Gasteiger partial charge in [-0.05, 0) is 25.0 Å². The van der Waals surface area contributed by atoms with Gasteiger partial charge in [-0.2, -0.15) is 0 Å². The molecule has 0 unspecified atom stereocenters. The van der Waals surface area contributed by atoms with E-state index in [0.717, 1.165) is 0 Å². The van der Waals surface area contributed by atoms with Crippen molar-refractivity contribution in [3.8, 4) is 0 Å². The van der Waals surface area contributed by atoms with Crippen molar-refractivity contribution in [2.24, 2.45) is 0 Å². The number of aliphatic carboxylic acids is 1. The first-order valence-corrected chi connectivity index (χ1v) is 6.47. The van der Waals surface area contributed by atoms with Crippen molar-refractivity contribution in [3.63, 3.8) is 0 Å². The number of allylic oxidation sites excluding steroid dienone is 1. The van der Waals surface area contributed by atoms with E-state index in [9.17, 15) is 14.4 Å². The quantitative estimate of drug-likeness (QED) is 0.667. The second-order valence-electron chi connectivity index (χ2n) is 4.46. The van der Waals surface area contributed by atoms with Gasteiger partial charge in [-0.25, -0.2) is 4.79 Å². The Labute approximate surface area is 122 Å². The van der Waals surface area contributed by atoms with Gasteiger partial charge in [0, 0.05) is 6.92 Å². The van der Waals surface area contributed by atoms with E-state index >= 15 is 0 Å². The van der Waals surface area contributed by atoms with Crippen LogP contribution in [0.5, 0.6) is 0 Å². The molecule has 0 spiro atoms. The standard InChI is InChI=1S/C15H18N2O4/c1-3-4-8-13(15(20)21)17-14(19)11-7-5-6-9-12(11)16-10(2)18/h3,5-7,9,13H,1,4,8H2,2H3,(H,16,18)(H,17,19)(H,20,21)/t13-/m0/s1. The van der Waals surface area contributed by atoms with Gasteiger partial charge in [-0.15, -0.1) is 6.58 Å². The van der Waals surface area contributed by atoms with Crippen LogP contribution in [0.4, 0.5) is 5.69 Å². The van der Waals surface area contributed by atoms with Crippen LogP contribution in [0.25, 0.3) is 0 Å². The summed E-state index contributed by atoms with van der Waals surface area (Å²) < 4.78 is 0. The van der Waals surface area contributed by atoms with E-state index < -0.39 is 17.9 Å². The highest BCUT2D eigenvalue weighted by Crippen LogP contribution is 2.15. The number of para-hydroxylation sites is 1. The van der Waals surface area contributed by atoms with Gasteiger partial charge in [0.25, 0.3) is 5.91 Å². The minimum Gasteiger partial charge on any atom is -0.480 e. The molecule has 0 saturated heterocycles. The number of carbonyl (C=O) groups is 3. The Hall–Kier alpha value is -2.63. The topological polar surface area (TPSA) is 95.5 Å². The van der Waals surface area contributed by atoms with Crippen LogP contribution >= 0.6 is 0 Å². The lowest BCUT2D eigenvalue weighted by Crippen LogP contribution is -2.40. The number of anilines is 1. The maximum atomic E-state index is 12.2. The highest BCUT2D eigenvalue weighted by Gasteiger charge is 2.21. The number of carboxylic acid groups (broad SMARTS) is 1. The molecule has 0 saturated carbocycles. The molecule has 0 bridgehead atoms. The van der Waals surface area contributed by atoms with Crippen molar-refractivity contribution in [1.82, 2.24) is 5.32 Å². The largest absolute Gasteiger partial charge is 0.480 e. The van der Waals surface area contributed by atoms with Crippen molar-refractivity contribution < 1.29 is 19.5 Å². The highest BCUT2D eigenvalue weighted by molar-refractivity contribution is 6.04. The molecule has 1 rings (SSSR count). The van der Waals surface area contributed by atoms with Gasteiger partial charge in [0.05, 0.1) is 11.3 Å². The van der Waals surface area contributed by atoms with Gasteiger partial charge < -0.3 is 15.7 Å². The average molecular weight is 290 g/mol. The Morgan fingerprint density at radius 1 is 1.33 bits per heavy atom. The lowest BCUT2D eigenvalue weighted by molar-refractivity contribution is -0.139. The van der Waals surface area contributed by atoms with E-state index in [0.29, 0.717) is 12.1 Å². The molecule has 0 heterocycles. The fourth-order valence-electron chi connectivity index (χ4n) is 1.76. The third-order valence-electron chi connectivity index (χ3n) is 2.75. The third kappa shape index (κ3) is 5.10. The maximum absolute atomic E-state index is 12.2. The summed E-state index contributed by atoms with van der Waals surface area (Å²) in [6, 6.07) is 5.41. The van der Waals surface area contributed by atoms with Crippen LogP contribution in [0.1, 0.15) is 30.1 Å². The van der Waals surface area contributed by atoms with Gasteiger partial charge in [0.2, 0.25) is 5.91 Å². The third-order valence-corrected chi connectivity index (χ3v) is 2.75. The van der Waals surface area contributed by atoms with E-state index in [-0.39, 0.29) is 17.9 Å². The predicted octanol–water partition coefficient (Wildman–Crippen LogP) is 1.79. The zero-order valence-corrected chi connectivity index (χ0v) is 11.8. The molecule has 0 aromatic heterocycles. The van der Waals surface area contributed by atoms with E-state index in [1.807, 2.05) is 0 Å². The first kappa shape index (κ1) is 16.4. The van der Waals surface area contributed by atoms with E-state index in [4.69, 9.17) is 5.11 Å². The van der Waals surface area contributed by atoms with Gasteiger partial charge in [0.1, 0.15) is 6.04 Å². The zero-order chi connectivity index (χ0) is 15.8. The average Bonchev–Trinajstić information content (AvgIpc) is 2.42. The summed E-state index contributed by atoms with van der Waals surface area (Å²) in [5.74, 6) is -1.96. The molecule has 21 heavy (non-hydrogen) atoms. The molecule has 0 aliphatic heterocycles. The molecule has 112 valence electrons. The van der Waals surface area contributed by atoms with Gasteiger partial charge in [-0.3, -0.25) is 9.59 Å². The highest BCUT2D eigenvalue weighted by atomic mass is 16.4. The normalized spacial score (nSPS) is 11.3. The van der Waals surface area contributed by atoms with Crippen molar-refractivity contribution in [2.75, 3.05) is 5.32 Å². The Balaban J connectivity index is 2.89. The molecule has 6 nitrogen and oxygen atoms in total. The van der Waals surface area contributed by atoms with Gasteiger partial charge in [0.15, 0.2) is 0 Å². The minimum atomic E-state index is -1.11. The Morgan fingerprint density at radius 3 is 2.57 bits per heavy atom. The molecule has 0 aliphatic rings. The fraction of sp³-hybridized carbons (Fsp3) is 0.267. The van der Waals surface area contributed by atoms with E-state index in [1.165, 1.54) is 13.0 Å². The summed E-state index contributed by atoms with van der Waals surface area (Å²) in [6.07, 6.45) is 2.32. The summed E-state index contributed by atoms with van der Waals surface area (Å²) in [4.78, 5) is 34.4. The molecular formula is C15H18N2O4. The summed E-state index contributed by atoms with van der Waals surface area (Å²) in [6.45, 7) is 4.86. The molecular weight excluding hydrogens is 272 g/mol. The second-order valence-corrected chi connectivity index (χ2v) is 4.46. The molecule has 2 amide bonds. The van der Waals surface area contributed by atoms with Crippen molar-refractivity contribution >= 4 is 23.5 Å². The predicted molar refractivity (Wildman–Crippen MR) is 79.1 cm³/mol. The second kappa shape index (κ2) is 7.84. The van der Waals surface area contributed by atoms with Crippen LogP contribution in [0, 0.1) is 0 Å². The molecule has 1 aromatic carbocycles. The summed E-state index contributed by atoms with van der Waals surface area (Å²) in [5, 5.41) is 14.1. The molecule has 0 fully saturated rings. The molecule has 3 N–H and O–H groups in total. The molecule has 1 atom stereocenters. The SMILES string of the molecule is C=CCC[C@H](NC(=O)c1ccccc1NC(C)=O)C(=O)O. The molecule has 1 aromatic rings. The minimum absolute atomic E-state index is 0.220. The van der Waals surface area contributed by atoms with E-state index in [1.54, 1.807) is 24.3 Å². The van der Waals surface area contributed by atoms with Gasteiger partial charge in [-0.1, -0.05) is 18.2 Å². The number of hydrogen-bond donors (Lipinski definition) is 3. The number of hydrogen-bond acceptors (Lipinski definition) is 3. The number of nitrogens with one attached hydrogen (secondary N) is 2. The zero-order valence-electron chi connectivity index (χ0n) is 11.8. The molecule has 0 radical (unpaired) electrons. The molecule has 0 aliphatic carbocycles. The van der Waals surface area contributed by atoms with Crippen LogP contribution in [0.2, 0.25) is 0 Å². The first-order valence-electron chi connectivity index (χ1n) is 6.47. The maximum Gasteiger partial charge on any atom is 0.326 e. The first-order chi connectivity index (χ1) is 9.95. The van der Waals surface area contributed by atoms with Crippen molar-refractivity contribution in [1.29, 1.82) is 0 Å².